The maximum absolute atomic E-state index is 11.8. The van der Waals surface area contributed by atoms with Gasteiger partial charge in [0, 0.05) is 12.7 Å². The fraction of sp³-hybridized carbons (Fsp3) is 0.333. The molecule has 2 aromatic rings. The van der Waals surface area contributed by atoms with Gasteiger partial charge in [0.25, 0.3) is 5.91 Å². The first kappa shape index (κ1) is 12.6. The summed E-state index contributed by atoms with van der Waals surface area (Å²) in [4.78, 5) is 12.4. The van der Waals surface area contributed by atoms with Gasteiger partial charge >= 0.3 is 0 Å². The van der Waals surface area contributed by atoms with E-state index in [1.807, 2.05) is 23.9 Å². The van der Waals surface area contributed by atoms with Gasteiger partial charge in [-0.3, -0.25) is 9.48 Å². The molecule has 0 radical (unpaired) electrons. The smallest absolute Gasteiger partial charge is 0.261 e. The molecule has 0 spiro atoms. The molecule has 5 nitrogen and oxygen atoms in total. The van der Waals surface area contributed by atoms with Gasteiger partial charge in [-0.15, -0.1) is 0 Å². The molecule has 1 amide bonds. The second-order valence-corrected chi connectivity index (χ2v) is 4.85. The molecule has 96 valence electrons. The van der Waals surface area contributed by atoms with Crippen molar-refractivity contribution in [3.8, 4) is 5.06 Å². The number of carbonyl (C=O) groups excluding carboxylic acids is 1. The summed E-state index contributed by atoms with van der Waals surface area (Å²) < 4.78 is 6.86. The molecule has 2 rings (SSSR count). The Kier molecular flexibility index (Phi) is 3.99. The molecule has 18 heavy (non-hydrogen) atoms. The molecule has 2 aromatic heterocycles. The van der Waals surface area contributed by atoms with Crippen molar-refractivity contribution in [2.24, 2.45) is 0 Å². The monoisotopic (exact) mass is 265 g/mol. The van der Waals surface area contributed by atoms with E-state index >= 15 is 0 Å². The van der Waals surface area contributed by atoms with Crippen molar-refractivity contribution in [2.45, 2.75) is 13.5 Å². The van der Waals surface area contributed by atoms with Crippen LogP contribution in [-0.4, -0.2) is 29.3 Å². The third kappa shape index (κ3) is 3.10. The number of amides is 1. The molecule has 6 heteroatoms. The molecular formula is C12H15N3O2S. The van der Waals surface area contributed by atoms with E-state index < -0.39 is 0 Å². The summed E-state index contributed by atoms with van der Waals surface area (Å²) in [6, 6.07) is 5.49. The first-order valence-electron chi connectivity index (χ1n) is 5.61. The van der Waals surface area contributed by atoms with Crippen LogP contribution in [0.25, 0.3) is 0 Å². The van der Waals surface area contributed by atoms with Crippen LogP contribution in [0.1, 0.15) is 15.4 Å². The van der Waals surface area contributed by atoms with E-state index in [1.54, 1.807) is 19.2 Å². The number of aromatic nitrogens is 2. The lowest BCUT2D eigenvalue weighted by atomic mass is 10.4. The fourth-order valence-corrected chi connectivity index (χ4v) is 2.25. The first-order chi connectivity index (χ1) is 8.69. The minimum absolute atomic E-state index is 0.0767. The molecule has 1 N–H and O–H groups in total. The summed E-state index contributed by atoms with van der Waals surface area (Å²) in [5, 5.41) is 7.83. The molecule has 0 saturated heterocycles. The third-order valence-corrected chi connectivity index (χ3v) is 3.45. The second kappa shape index (κ2) is 5.68. The topological polar surface area (TPSA) is 56.1 Å². The summed E-state index contributed by atoms with van der Waals surface area (Å²) in [5.41, 5.74) is 0.976. The van der Waals surface area contributed by atoms with E-state index in [4.69, 9.17) is 4.74 Å². The molecule has 0 atom stereocenters. The number of thiophene rings is 1. The Balaban J connectivity index is 1.81. The largest absolute Gasteiger partial charge is 0.487 e. The number of rotatable bonds is 5. The van der Waals surface area contributed by atoms with Crippen molar-refractivity contribution in [2.75, 3.05) is 13.7 Å². The predicted octanol–water partition coefficient (Wildman–Crippen LogP) is 1.69. The van der Waals surface area contributed by atoms with Gasteiger partial charge in [0.1, 0.15) is 0 Å². The van der Waals surface area contributed by atoms with Gasteiger partial charge in [-0.05, 0) is 25.1 Å². The van der Waals surface area contributed by atoms with E-state index in [0.717, 1.165) is 10.8 Å². The van der Waals surface area contributed by atoms with Crippen LogP contribution >= 0.6 is 11.3 Å². The Bertz CT molecular complexity index is 533. The van der Waals surface area contributed by atoms with Gasteiger partial charge in [-0.1, -0.05) is 11.3 Å². The Labute approximate surface area is 109 Å². The van der Waals surface area contributed by atoms with E-state index in [2.05, 4.69) is 10.4 Å². The molecule has 0 aromatic carbocycles. The second-order valence-electron chi connectivity index (χ2n) is 3.80. The summed E-state index contributed by atoms with van der Waals surface area (Å²) in [5.74, 6) is -0.0767. The normalized spacial score (nSPS) is 10.3. The molecule has 0 saturated carbocycles. The minimum atomic E-state index is -0.0767. The highest BCUT2D eigenvalue weighted by Crippen LogP contribution is 2.23. The van der Waals surface area contributed by atoms with Gasteiger partial charge in [-0.2, -0.15) is 5.10 Å². The van der Waals surface area contributed by atoms with Crippen LogP contribution in [0.2, 0.25) is 0 Å². The van der Waals surface area contributed by atoms with Crippen LogP contribution in [0.15, 0.2) is 24.4 Å². The molecule has 0 fully saturated rings. The summed E-state index contributed by atoms with van der Waals surface area (Å²) in [6.45, 7) is 3.16. The fourth-order valence-electron chi connectivity index (χ4n) is 1.51. The molecule has 0 bridgehead atoms. The summed E-state index contributed by atoms with van der Waals surface area (Å²) in [7, 11) is 1.59. The Morgan fingerprint density at radius 2 is 2.33 bits per heavy atom. The Hall–Kier alpha value is -1.82. The first-order valence-corrected chi connectivity index (χ1v) is 6.43. The van der Waals surface area contributed by atoms with E-state index in [9.17, 15) is 4.79 Å². The van der Waals surface area contributed by atoms with Gasteiger partial charge in [-0.25, -0.2) is 0 Å². The maximum atomic E-state index is 11.8. The van der Waals surface area contributed by atoms with Crippen LogP contribution in [-0.2, 0) is 6.54 Å². The minimum Gasteiger partial charge on any atom is -0.487 e. The highest BCUT2D eigenvalue weighted by Gasteiger charge is 2.08. The Morgan fingerprint density at radius 3 is 2.94 bits per heavy atom. The third-order valence-electron chi connectivity index (χ3n) is 2.41. The number of ether oxygens (including phenoxy) is 1. The number of aryl methyl sites for hydroxylation is 1. The van der Waals surface area contributed by atoms with Crippen molar-refractivity contribution in [3.05, 3.63) is 35.0 Å². The number of methoxy groups -OCH3 is 1. The molecule has 0 aliphatic carbocycles. The summed E-state index contributed by atoms with van der Waals surface area (Å²) >= 11 is 1.33. The van der Waals surface area contributed by atoms with E-state index in [1.165, 1.54) is 11.3 Å². The Morgan fingerprint density at radius 1 is 1.50 bits per heavy atom. The van der Waals surface area contributed by atoms with Crippen molar-refractivity contribution in [1.82, 2.24) is 15.1 Å². The number of nitrogens with one attached hydrogen (secondary N) is 1. The molecule has 2 heterocycles. The van der Waals surface area contributed by atoms with Crippen molar-refractivity contribution < 1.29 is 9.53 Å². The van der Waals surface area contributed by atoms with E-state index in [0.29, 0.717) is 18.0 Å². The lowest BCUT2D eigenvalue weighted by Gasteiger charge is -2.03. The SMILES string of the molecule is COc1ccc(C(=O)NCCn2ccc(C)n2)s1. The van der Waals surface area contributed by atoms with Crippen molar-refractivity contribution in [1.29, 1.82) is 0 Å². The lowest BCUT2D eigenvalue weighted by molar-refractivity contribution is 0.0956. The number of hydrogen-bond acceptors (Lipinski definition) is 4. The molecule has 0 aliphatic heterocycles. The van der Waals surface area contributed by atoms with Gasteiger partial charge in [0.15, 0.2) is 5.06 Å². The summed E-state index contributed by atoms with van der Waals surface area (Å²) in [6.07, 6.45) is 1.90. The number of hydrogen-bond donors (Lipinski definition) is 1. The van der Waals surface area contributed by atoms with Crippen molar-refractivity contribution >= 4 is 17.2 Å². The zero-order chi connectivity index (χ0) is 13.0. The average molecular weight is 265 g/mol. The molecule has 0 unspecified atom stereocenters. The number of nitrogens with zero attached hydrogens (tertiary/aromatic N) is 2. The standard InChI is InChI=1S/C12H15N3O2S/c1-9-5-7-15(14-9)8-6-13-12(16)10-3-4-11(17-2)18-10/h3-5,7H,6,8H2,1-2H3,(H,13,16). The zero-order valence-electron chi connectivity index (χ0n) is 10.3. The van der Waals surface area contributed by atoms with Crippen molar-refractivity contribution in [3.63, 3.8) is 0 Å². The quantitative estimate of drug-likeness (QED) is 0.895. The zero-order valence-corrected chi connectivity index (χ0v) is 11.2. The molecular weight excluding hydrogens is 250 g/mol. The lowest BCUT2D eigenvalue weighted by Crippen LogP contribution is -2.26. The average Bonchev–Trinajstić information content (AvgIpc) is 2.98. The van der Waals surface area contributed by atoms with Crippen LogP contribution in [0.3, 0.4) is 0 Å². The highest BCUT2D eigenvalue weighted by atomic mass is 32.1. The van der Waals surface area contributed by atoms with Crippen LogP contribution in [0.4, 0.5) is 0 Å². The van der Waals surface area contributed by atoms with Gasteiger partial charge in [0.05, 0.1) is 24.2 Å². The highest BCUT2D eigenvalue weighted by molar-refractivity contribution is 7.15. The van der Waals surface area contributed by atoms with Crippen LogP contribution < -0.4 is 10.1 Å². The van der Waals surface area contributed by atoms with Crippen LogP contribution in [0.5, 0.6) is 5.06 Å². The van der Waals surface area contributed by atoms with Gasteiger partial charge in [0.2, 0.25) is 0 Å². The maximum Gasteiger partial charge on any atom is 0.261 e. The van der Waals surface area contributed by atoms with Crippen LogP contribution in [0, 0.1) is 6.92 Å². The number of carbonyl (C=O) groups is 1. The van der Waals surface area contributed by atoms with E-state index in [-0.39, 0.29) is 5.91 Å². The van der Waals surface area contributed by atoms with Gasteiger partial charge < -0.3 is 10.1 Å². The molecule has 0 aliphatic rings. The predicted molar refractivity (Wildman–Crippen MR) is 70.2 cm³/mol.